The van der Waals surface area contributed by atoms with Crippen molar-refractivity contribution in [2.45, 2.75) is 33.9 Å². The van der Waals surface area contributed by atoms with Gasteiger partial charge in [0.25, 0.3) is 11.1 Å². The van der Waals surface area contributed by atoms with Gasteiger partial charge in [-0.25, -0.2) is 0 Å². The topological polar surface area (TPSA) is 49.9 Å². The largest absolute Gasteiger partial charge is 0.488 e. The molecule has 0 aromatic heterocycles. The van der Waals surface area contributed by atoms with Gasteiger partial charge in [-0.3, -0.25) is 14.5 Å². The summed E-state index contributed by atoms with van der Waals surface area (Å²) in [5.74, 6) is 0.409. The Morgan fingerprint density at radius 3 is 2.37 bits per heavy atom. The molecular formula is C29H30N2O3S. The molecule has 180 valence electrons. The Balaban J connectivity index is 1.61. The van der Waals surface area contributed by atoms with E-state index in [2.05, 4.69) is 18.7 Å². The first-order valence-corrected chi connectivity index (χ1v) is 12.7. The maximum absolute atomic E-state index is 13.1. The first-order valence-electron chi connectivity index (χ1n) is 11.8. The van der Waals surface area contributed by atoms with E-state index in [1.54, 1.807) is 6.08 Å². The lowest BCUT2D eigenvalue weighted by Crippen LogP contribution is -2.27. The van der Waals surface area contributed by atoms with Gasteiger partial charge in [-0.15, -0.1) is 0 Å². The Kier molecular flexibility index (Phi) is 7.93. The summed E-state index contributed by atoms with van der Waals surface area (Å²) in [4.78, 5) is 29.8. The second-order valence-corrected chi connectivity index (χ2v) is 9.42. The summed E-state index contributed by atoms with van der Waals surface area (Å²) in [6, 6.07) is 23.8. The van der Waals surface area contributed by atoms with E-state index in [4.69, 9.17) is 4.74 Å². The monoisotopic (exact) mass is 486 g/mol. The number of carbonyl (C=O) groups excluding carboxylic acids is 2. The number of ether oxygens (including phenoxy) is 1. The minimum absolute atomic E-state index is 0.255. The van der Waals surface area contributed by atoms with Gasteiger partial charge in [0.05, 0.1) is 11.4 Å². The minimum atomic E-state index is -0.275. The average Bonchev–Trinajstić information content (AvgIpc) is 3.12. The van der Waals surface area contributed by atoms with Crippen molar-refractivity contribution in [2.24, 2.45) is 0 Å². The van der Waals surface area contributed by atoms with Crippen LogP contribution in [0.5, 0.6) is 5.75 Å². The van der Waals surface area contributed by atoms with Gasteiger partial charge < -0.3 is 9.64 Å². The molecule has 3 aromatic rings. The van der Waals surface area contributed by atoms with Crippen molar-refractivity contribution in [3.63, 3.8) is 0 Å². The molecule has 0 atom stereocenters. The summed E-state index contributed by atoms with van der Waals surface area (Å²) in [6.07, 6.45) is 1.77. The number of rotatable bonds is 9. The molecule has 1 heterocycles. The molecule has 0 radical (unpaired) electrons. The second kappa shape index (κ2) is 11.3. The summed E-state index contributed by atoms with van der Waals surface area (Å²) >= 11 is 0.975. The molecule has 0 bridgehead atoms. The van der Waals surface area contributed by atoms with Crippen LogP contribution in [0.2, 0.25) is 0 Å². The molecule has 1 saturated heterocycles. The van der Waals surface area contributed by atoms with E-state index in [0.29, 0.717) is 17.3 Å². The van der Waals surface area contributed by atoms with E-state index in [1.807, 2.05) is 79.7 Å². The van der Waals surface area contributed by atoms with E-state index in [0.717, 1.165) is 52.8 Å². The molecule has 2 amide bonds. The number of hydrogen-bond donors (Lipinski definition) is 0. The second-order valence-electron chi connectivity index (χ2n) is 8.43. The van der Waals surface area contributed by atoms with Crippen LogP contribution < -0.4 is 9.64 Å². The van der Waals surface area contributed by atoms with Crippen LogP contribution in [0.25, 0.3) is 6.08 Å². The Bertz CT molecular complexity index is 1240. The first-order chi connectivity index (χ1) is 17.0. The Hall–Kier alpha value is -3.51. The zero-order valence-corrected chi connectivity index (χ0v) is 21.2. The summed E-state index contributed by atoms with van der Waals surface area (Å²) in [5, 5.41) is -0.255. The Morgan fingerprint density at radius 1 is 0.914 bits per heavy atom. The third kappa shape index (κ3) is 5.95. The van der Waals surface area contributed by atoms with Crippen molar-refractivity contribution >= 4 is 34.7 Å². The van der Waals surface area contributed by atoms with E-state index in [9.17, 15) is 9.59 Å². The molecule has 0 unspecified atom stereocenters. The molecule has 3 aromatic carbocycles. The molecule has 6 heteroatoms. The third-order valence-corrected chi connectivity index (χ3v) is 6.85. The van der Waals surface area contributed by atoms with Crippen molar-refractivity contribution in [1.82, 2.24) is 4.90 Å². The first kappa shape index (κ1) is 24.6. The zero-order valence-electron chi connectivity index (χ0n) is 20.4. The SMILES string of the molecule is CCN(CC)c1ccc(/C=C2\SC(=O)N(Cc3cccc(C)c3)C2=O)c(OCc2ccccc2)c1. The van der Waals surface area contributed by atoms with E-state index in [1.165, 1.54) is 4.90 Å². The van der Waals surface area contributed by atoms with Crippen molar-refractivity contribution in [2.75, 3.05) is 18.0 Å². The normalized spacial score (nSPS) is 14.6. The van der Waals surface area contributed by atoms with Crippen LogP contribution in [0.3, 0.4) is 0 Å². The van der Waals surface area contributed by atoms with Crippen LogP contribution in [0.1, 0.15) is 36.1 Å². The van der Waals surface area contributed by atoms with Gasteiger partial charge in [-0.2, -0.15) is 0 Å². The zero-order chi connectivity index (χ0) is 24.8. The van der Waals surface area contributed by atoms with Crippen molar-refractivity contribution in [1.29, 1.82) is 0 Å². The molecule has 5 nitrogen and oxygen atoms in total. The van der Waals surface area contributed by atoms with Crippen molar-refractivity contribution < 1.29 is 14.3 Å². The van der Waals surface area contributed by atoms with Gasteiger partial charge in [-0.05, 0) is 61.9 Å². The highest BCUT2D eigenvalue weighted by Gasteiger charge is 2.35. The lowest BCUT2D eigenvalue weighted by molar-refractivity contribution is -0.123. The molecule has 1 aliphatic rings. The quantitative estimate of drug-likeness (QED) is 0.317. The van der Waals surface area contributed by atoms with Crippen LogP contribution in [0.15, 0.2) is 77.7 Å². The number of thioether (sulfide) groups is 1. The smallest absolute Gasteiger partial charge is 0.293 e. The summed E-state index contributed by atoms with van der Waals surface area (Å²) in [7, 11) is 0. The lowest BCUT2D eigenvalue weighted by atomic mass is 10.1. The van der Waals surface area contributed by atoms with Gasteiger partial charge in [0.2, 0.25) is 0 Å². The molecule has 4 rings (SSSR count). The molecule has 0 N–H and O–H groups in total. The predicted octanol–water partition coefficient (Wildman–Crippen LogP) is 6.66. The van der Waals surface area contributed by atoms with Crippen LogP contribution in [0, 0.1) is 6.92 Å². The molecule has 0 spiro atoms. The summed E-state index contributed by atoms with van der Waals surface area (Å²) in [5.41, 5.74) is 4.92. The molecular weight excluding hydrogens is 456 g/mol. The molecule has 0 saturated carbocycles. The van der Waals surface area contributed by atoms with E-state index >= 15 is 0 Å². The minimum Gasteiger partial charge on any atom is -0.488 e. The number of hydrogen-bond acceptors (Lipinski definition) is 5. The van der Waals surface area contributed by atoms with Crippen LogP contribution in [0.4, 0.5) is 10.5 Å². The van der Waals surface area contributed by atoms with E-state index < -0.39 is 0 Å². The van der Waals surface area contributed by atoms with Gasteiger partial charge in [0.1, 0.15) is 12.4 Å². The third-order valence-electron chi connectivity index (χ3n) is 5.95. The van der Waals surface area contributed by atoms with Gasteiger partial charge in [0, 0.05) is 30.4 Å². The van der Waals surface area contributed by atoms with Gasteiger partial charge in [0.15, 0.2) is 0 Å². The maximum Gasteiger partial charge on any atom is 0.293 e. The Morgan fingerprint density at radius 2 is 1.66 bits per heavy atom. The number of amides is 2. The number of nitrogens with zero attached hydrogens (tertiary/aromatic N) is 2. The average molecular weight is 487 g/mol. The summed E-state index contributed by atoms with van der Waals surface area (Å²) < 4.78 is 6.22. The van der Waals surface area contributed by atoms with Gasteiger partial charge in [-0.1, -0.05) is 60.2 Å². The van der Waals surface area contributed by atoms with Gasteiger partial charge >= 0.3 is 0 Å². The lowest BCUT2D eigenvalue weighted by Gasteiger charge is -2.22. The number of imide groups is 1. The highest BCUT2D eigenvalue weighted by Crippen LogP contribution is 2.36. The molecule has 1 fully saturated rings. The highest BCUT2D eigenvalue weighted by molar-refractivity contribution is 8.18. The molecule has 35 heavy (non-hydrogen) atoms. The van der Waals surface area contributed by atoms with Crippen LogP contribution in [-0.2, 0) is 17.9 Å². The van der Waals surface area contributed by atoms with E-state index in [-0.39, 0.29) is 17.7 Å². The number of aryl methyl sites for hydroxylation is 1. The number of benzene rings is 3. The molecule has 0 aliphatic carbocycles. The fourth-order valence-electron chi connectivity index (χ4n) is 4.06. The fraction of sp³-hybridized carbons (Fsp3) is 0.241. The Labute approximate surface area is 211 Å². The van der Waals surface area contributed by atoms with Crippen molar-refractivity contribution in [3.8, 4) is 5.75 Å². The predicted molar refractivity (Wildman–Crippen MR) is 143 cm³/mol. The van der Waals surface area contributed by atoms with Crippen LogP contribution in [-0.4, -0.2) is 29.1 Å². The number of anilines is 1. The number of carbonyl (C=O) groups is 2. The standard InChI is InChI=1S/C29H30N2O3S/c1-4-30(5-2)25-15-14-24(26(18-25)34-20-22-11-7-6-8-12-22)17-27-28(32)31(29(33)35-27)19-23-13-9-10-21(3)16-23/h6-18H,4-5,19-20H2,1-3H3/b27-17-. The summed E-state index contributed by atoms with van der Waals surface area (Å²) in [6.45, 7) is 8.67. The highest BCUT2D eigenvalue weighted by atomic mass is 32.2. The molecule has 1 aliphatic heterocycles. The maximum atomic E-state index is 13.1. The van der Waals surface area contributed by atoms with Crippen LogP contribution >= 0.6 is 11.8 Å². The van der Waals surface area contributed by atoms with Crippen molar-refractivity contribution in [3.05, 3.63) is 100.0 Å². The fourth-order valence-corrected chi connectivity index (χ4v) is 4.89.